The number of carbonyl (C=O) groups excluding carboxylic acids is 2. The molecule has 250 valence electrons. The Morgan fingerprint density at radius 2 is 1.47 bits per heavy atom. The Morgan fingerprint density at radius 3 is 1.95 bits per heavy atom. The zero-order valence-corrected chi connectivity index (χ0v) is 31.4. The molecule has 0 unspecified atom stereocenters. The van der Waals surface area contributed by atoms with Crippen molar-refractivity contribution in [2.75, 3.05) is 0 Å². The van der Waals surface area contributed by atoms with E-state index in [-0.39, 0.29) is 30.5 Å². The minimum Gasteiger partial charge on any atom is -0.460 e. The SMILES string of the molecule is C=C(C[C@H]1C[C@@](C)(O[Si](CC)(CC)CC)C[C@@]2(C[C@@H](O[Si](CC)(CC)CC)C[C@H](CC(=O)OC(C)(C)C)O2)O1)[C@@H](C)C=O. The highest BCUT2D eigenvalue weighted by molar-refractivity contribution is 6.74. The smallest absolute Gasteiger partial charge is 0.308 e. The van der Waals surface area contributed by atoms with E-state index >= 15 is 0 Å². The standard InChI is InChI=1S/C34H64O7Si2/c1-13-42(14-2,15-3)40-30-20-28(21-31(36)39-32(9,10)11)37-34(23-30)25-33(12,41-43(16-4,17-5)18-6)22-29(38-34)19-26(7)27(8)24-35/h24,27-30H,7,13-23,25H2,1-6,8-12H3/t27-,28+,29-,30-,33+,34+/m0/s1. The predicted molar refractivity (Wildman–Crippen MR) is 179 cm³/mol. The number of aldehydes is 1. The van der Waals surface area contributed by atoms with Crippen molar-refractivity contribution >= 4 is 28.9 Å². The summed E-state index contributed by atoms with van der Waals surface area (Å²) in [5, 5.41) is 0. The molecule has 0 aliphatic carbocycles. The number of rotatable bonds is 16. The second kappa shape index (κ2) is 15.6. The van der Waals surface area contributed by atoms with Crippen molar-refractivity contribution in [1.82, 2.24) is 0 Å². The van der Waals surface area contributed by atoms with Gasteiger partial charge >= 0.3 is 5.97 Å². The monoisotopic (exact) mass is 640 g/mol. The first kappa shape index (κ1) is 38.3. The van der Waals surface area contributed by atoms with Crippen LogP contribution >= 0.6 is 0 Å². The van der Waals surface area contributed by atoms with Crippen LogP contribution < -0.4 is 0 Å². The van der Waals surface area contributed by atoms with Crippen LogP contribution in [0.15, 0.2) is 12.2 Å². The van der Waals surface area contributed by atoms with E-state index < -0.39 is 39.7 Å². The Bertz CT molecular complexity index is 910. The maximum Gasteiger partial charge on any atom is 0.308 e. The molecule has 2 saturated heterocycles. The molecule has 2 heterocycles. The molecule has 0 N–H and O–H groups in total. The maximum absolute atomic E-state index is 13.1. The zero-order chi connectivity index (χ0) is 32.7. The molecule has 0 saturated carbocycles. The van der Waals surface area contributed by atoms with E-state index in [0.717, 1.165) is 48.1 Å². The lowest BCUT2D eigenvalue weighted by atomic mass is 9.80. The fourth-order valence-electron chi connectivity index (χ4n) is 7.22. The highest BCUT2D eigenvalue weighted by atomic mass is 28.4. The van der Waals surface area contributed by atoms with Gasteiger partial charge in [-0.25, -0.2) is 0 Å². The molecule has 0 bridgehead atoms. The Balaban J connectivity index is 2.55. The molecule has 2 rings (SSSR count). The molecule has 0 radical (unpaired) electrons. The van der Waals surface area contributed by atoms with E-state index in [1.807, 2.05) is 27.7 Å². The highest BCUT2D eigenvalue weighted by Gasteiger charge is 2.55. The zero-order valence-electron chi connectivity index (χ0n) is 29.4. The van der Waals surface area contributed by atoms with Crippen LogP contribution in [-0.2, 0) is 32.7 Å². The lowest BCUT2D eigenvalue weighted by Gasteiger charge is -2.55. The van der Waals surface area contributed by atoms with Gasteiger partial charge in [-0.1, -0.05) is 60.6 Å². The van der Waals surface area contributed by atoms with Crippen molar-refractivity contribution in [3.63, 3.8) is 0 Å². The minimum absolute atomic E-state index is 0.0849. The molecule has 0 aromatic carbocycles. The van der Waals surface area contributed by atoms with Gasteiger partial charge in [-0.2, -0.15) is 0 Å². The summed E-state index contributed by atoms with van der Waals surface area (Å²) in [6.07, 6.45) is 3.46. The molecular weight excluding hydrogens is 577 g/mol. The maximum atomic E-state index is 13.1. The molecule has 2 fully saturated rings. The van der Waals surface area contributed by atoms with Crippen molar-refractivity contribution in [3.05, 3.63) is 12.2 Å². The van der Waals surface area contributed by atoms with Crippen LogP contribution in [0, 0.1) is 5.92 Å². The predicted octanol–water partition coefficient (Wildman–Crippen LogP) is 8.72. The topological polar surface area (TPSA) is 80.3 Å². The summed E-state index contributed by atoms with van der Waals surface area (Å²) in [7, 11) is -3.94. The van der Waals surface area contributed by atoms with E-state index in [0.29, 0.717) is 32.1 Å². The molecule has 1 spiro atoms. The van der Waals surface area contributed by atoms with Crippen LogP contribution in [0.2, 0.25) is 36.3 Å². The largest absolute Gasteiger partial charge is 0.460 e. The van der Waals surface area contributed by atoms with Gasteiger partial charge in [0.05, 0.1) is 30.3 Å². The molecule has 2 aliphatic heterocycles. The summed E-state index contributed by atoms with van der Waals surface area (Å²) in [4.78, 5) is 24.7. The molecule has 7 nitrogen and oxygen atoms in total. The van der Waals surface area contributed by atoms with Crippen LogP contribution in [0.5, 0.6) is 0 Å². The molecule has 6 atom stereocenters. The third kappa shape index (κ3) is 10.6. The number of ether oxygens (including phenoxy) is 3. The van der Waals surface area contributed by atoms with Crippen LogP contribution in [0.4, 0.5) is 0 Å². The van der Waals surface area contributed by atoms with Gasteiger partial charge in [0.2, 0.25) is 0 Å². The summed E-state index contributed by atoms with van der Waals surface area (Å²) in [5.41, 5.74) is -0.195. The summed E-state index contributed by atoms with van der Waals surface area (Å²) in [6, 6.07) is 6.29. The fourth-order valence-corrected chi connectivity index (χ4v) is 13.2. The summed E-state index contributed by atoms with van der Waals surface area (Å²) >= 11 is 0. The molecular formula is C34H64O7Si2. The second-order valence-corrected chi connectivity index (χ2v) is 24.0. The number of hydrogen-bond acceptors (Lipinski definition) is 7. The highest BCUT2D eigenvalue weighted by Crippen LogP contribution is 2.49. The molecule has 0 aromatic rings. The van der Waals surface area contributed by atoms with Crippen LogP contribution in [-0.4, -0.2) is 64.2 Å². The summed E-state index contributed by atoms with van der Waals surface area (Å²) in [6.45, 7) is 27.5. The summed E-state index contributed by atoms with van der Waals surface area (Å²) < 4.78 is 34.0. The molecule has 0 amide bonds. The van der Waals surface area contributed by atoms with Gasteiger partial charge in [0.15, 0.2) is 22.4 Å². The quantitative estimate of drug-likeness (QED) is 0.0722. The first-order valence-electron chi connectivity index (χ1n) is 17.1. The third-order valence-corrected chi connectivity index (χ3v) is 19.5. The Kier molecular flexibility index (Phi) is 13.9. The molecule has 43 heavy (non-hydrogen) atoms. The van der Waals surface area contributed by atoms with Gasteiger partial charge in [0.25, 0.3) is 0 Å². The van der Waals surface area contributed by atoms with E-state index in [1.165, 1.54) is 0 Å². The van der Waals surface area contributed by atoms with E-state index in [2.05, 4.69) is 55.0 Å². The first-order chi connectivity index (χ1) is 20.0. The lowest BCUT2D eigenvalue weighted by Crippen LogP contribution is -2.61. The van der Waals surface area contributed by atoms with Crippen LogP contribution in [0.1, 0.15) is 115 Å². The van der Waals surface area contributed by atoms with Gasteiger partial charge in [-0.3, -0.25) is 4.79 Å². The number of carbonyl (C=O) groups is 2. The third-order valence-electron chi connectivity index (χ3n) is 10.0. The normalized spacial score (nSPS) is 29.3. The van der Waals surface area contributed by atoms with Gasteiger partial charge in [-0.15, -0.1) is 0 Å². The van der Waals surface area contributed by atoms with Crippen LogP contribution in [0.25, 0.3) is 0 Å². The molecule has 0 aromatic heterocycles. The van der Waals surface area contributed by atoms with E-state index in [4.69, 9.17) is 23.1 Å². The number of esters is 1. The van der Waals surface area contributed by atoms with Crippen molar-refractivity contribution in [2.24, 2.45) is 5.92 Å². The van der Waals surface area contributed by atoms with Gasteiger partial charge in [0.1, 0.15) is 11.9 Å². The Labute approximate surface area is 265 Å². The van der Waals surface area contributed by atoms with Crippen molar-refractivity contribution < 1.29 is 32.7 Å². The Hall–Kier alpha value is -0.846. The molecule has 2 aliphatic rings. The number of hydrogen-bond donors (Lipinski definition) is 0. The van der Waals surface area contributed by atoms with Crippen LogP contribution in [0.3, 0.4) is 0 Å². The lowest BCUT2D eigenvalue weighted by molar-refractivity contribution is -0.346. The first-order valence-corrected chi connectivity index (χ1v) is 22.1. The van der Waals surface area contributed by atoms with E-state index in [9.17, 15) is 9.59 Å². The summed E-state index contributed by atoms with van der Waals surface area (Å²) in [5.74, 6) is -1.49. The molecule has 9 heteroatoms. The average molecular weight is 641 g/mol. The Morgan fingerprint density at radius 1 is 0.930 bits per heavy atom. The van der Waals surface area contributed by atoms with Crippen molar-refractivity contribution in [1.29, 1.82) is 0 Å². The second-order valence-electron chi connectivity index (χ2n) is 14.6. The minimum atomic E-state index is -1.99. The van der Waals surface area contributed by atoms with E-state index in [1.54, 1.807) is 0 Å². The fraction of sp³-hybridized carbons (Fsp3) is 0.882. The average Bonchev–Trinajstić information content (AvgIpc) is 2.92. The van der Waals surface area contributed by atoms with Crippen molar-refractivity contribution in [2.45, 2.75) is 186 Å². The van der Waals surface area contributed by atoms with Crippen molar-refractivity contribution in [3.8, 4) is 0 Å². The van der Waals surface area contributed by atoms with Gasteiger partial charge in [-0.05, 0) is 76.8 Å². The van der Waals surface area contributed by atoms with Gasteiger partial charge in [0, 0.05) is 25.2 Å². The van der Waals surface area contributed by atoms with Gasteiger partial charge < -0.3 is 27.9 Å².